The van der Waals surface area contributed by atoms with Crippen LogP contribution >= 0.6 is 0 Å². The third kappa shape index (κ3) is 3.76. The van der Waals surface area contributed by atoms with Crippen LogP contribution in [0.2, 0.25) is 0 Å². The Morgan fingerprint density at radius 1 is 1.07 bits per heavy atom. The first-order valence-electron chi connectivity index (χ1n) is 9.13. The van der Waals surface area contributed by atoms with E-state index < -0.39 is 0 Å². The van der Waals surface area contributed by atoms with Crippen molar-refractivity contribution < 1.29 is 18.7 Å². The largest absolute Gasteiger partial charge is 0.489 e. The standard InChI is InChI=1S/C22H20N2O4/c25-20-14-16-6-4-5-9-19(16)24(20)12-11-23-22(26)21-17(10-13-27-21)15-28-18-7-2-1-3-8-18/h1-10,13H,11-12,14-15H2,(H,23,26). The van der Waals surface area contributed by atoms with Crippen LogP contribution in [-0.2, 0) is 17.8 Å². The number of rotatable bonds is 7. The smallest absolute Gasteiger partial charge is 0.287 e. The molecular formula is C22H20N2O4. The first-order chi connectivity index (χ1) is 13.7. The molecule has 1 aromatic heterocycles. The molecule has 6 heteroatoms. The summed E-state index contributed by atoms with van der Waals surface area (Å²) in [5.41, 5.74) is 2.60. The van der Waals surface area contributed by atoms with E-state index in [0.717, 1.165) is 17.0 Å². The number of amides is 2. The van der Waals surface area contributed by atoms with Gasteiger partial charge in [0, 0.05) is 24.3 Å². The molecule has 0 spiro atoms. The van der Waals surface area contributed by atoms with E-state index in [0.29, 0.717) is 25.1 Å². The van der Waals surface area contributed by atoms with Gasteiger partial charge >= 0.3 is 0 Å². The zero-order chi connectivity index (χ0) is 19.3. The van der Waals surface area contributed by atoms with Crippen LogP contribution in [0, 0.1) is 0 Å². The number of nitrogens with one attached hydrogen (secondary N) is 1. The van der Waals surface area contributed by atoms with E-state index >= 15 is 0 Å². The summed E-state index contributed by atoms with van der Waals surface area (Å²) in [5.74, 6) is 0.673. The fraction of sp³-hybridized carbons (Fsp3) is 0.182. The van der Waals surface area contributed by atoms with Gasteiger partial charge in [-0.25, -0.2) is 0 Å². The zero-order valence-corrected chi connectivity index (χ0v) is 15.3. The van der Waals surface area contributed by atoms with Gasteiger partial charge in [-0.3, -0.25) is 9.59 Å². The van der Waals surface area contributed by atoms with Crippen molar-refractivity contribution in [3.8, 4) is 5.75 Å². The number of carbonyl (C=O) groups excluding carboxylic acids is 2. The Morgan fingerprint density at radius 3 is 2.71 bits per heavy atom. The molecule has 0 radical (unpaired) electrons. The number of fused-ring (bicyclic) bond motifs is 1. The van der Waals surface area contributed by atoms with Crippen LogP contribution in [0.15, 0.2) is 71.3 Å². The highest BCUT2D eigenvalue weighted by molar-refractivity contribution is 6.01. The summed E-state index contributed by atoms with van der Waals surface area (Å²) in [6, 6.07) is 18.8. The zero-order valence-electron chi connectivity index (χ0n) is 15.3. The van der Waals surface area contributed by atoms with Crippen molar-refractivity contribution in [2.75, 3.05) is 18.0 Å². The van der Waals surface area contributed by atoms with Gasteiger partial charge in [0.1, 0.15) is 12.4 Å². The molecule has 2 heterocycles. The quantitative estimate of drug-likeness (QED) is 0.687. The van der Waals surface area contributed by atoms with E-state index in [9.17, 15) is 9.59 Å². The Kier molecular flexibility index (Phi) is 5.10. The average molecular weight is 376 g/mol. The second-order valence-corrected chi connectivity index (χ2v) is 6.48. The van der Waals surface area contributed by atoms with E-state index in [1.54, 1.807) is 11.0 Å². The lowest BCUT2D eigenvalue weighted by Gasteiger charge is -2.17. The molecule has 1 aliphatic rings. The predicted octanol–water partition coefficient (Wildman–Crippen LogP) is 3.18. The van der Waals surface area contributed by atoms with Gasteiger partial charge in [0.2, 0.25) is 5.91 Å². The molecule has 1 aliphatic heterocycles. The first kappa shape index (κ1) is 17.9. The van der Waals surface area contributed by atoms with E-state index in [1.165, 1.54) is 6.26 Å². The van der Waals surface area contributed by atoms with Crippen molar-refractivity contribution in [2.45, 2.75) is 13.0 Å². The second kappa shape index (κ2) is 8.00. The highest BCUT2D eigenvalue weighted by Gasteiger charge is 2.26. The van der Waals surface area contributed by atoms with Crippen molar-refractivity contribution in [1.82, 2.24) is 5.32 Å². The molecule has 0 saturated heterocycles. The van der Waals surface area contributed by atoms with Gasteiger partial charge < -0.3 is 19.4 Å². The summed E-state index contributed by atoms with van der Waals surface area (Å²) >= 11 is 0. The fourth-order valence-electron chi connectivity index (χ4n) is 3.25. The van der Waals surface area contributed by atoms with Gasteiger partial charge in [0.05, 0.1) is 12.7 Å². The maximum absolute atomic E-state index is 12.5. The lowest BCUT2D eigenvalue weighted by atomic mass is 10.2. The highest BCUT2D eigenvalue weighted by atomic mass is 16.5. The number of hydrogen-bond donors (Lipinski definition) is 1. The fourth-order valence-corrected chi connectivity index (χ4v) is 3.25. The summed E-state index contributed by atoms with van der Waals surface area (Å²) in [4.78, 5) is 26.4. The molecule has 0 bridgehead atoms. The average Bonchev–Trinajstić information content (AvgIpc) is 3.31. The summed E-state index contributed by atoms with van der Waals surface area (Å²) in [6.45, 7) is 0.984. The molecule has 6 nitrogen and oxygen atoms in total. The minimum atomic E-state index is -0.323. The Balaban J connectivity index is 1.33. The Morgan fingerprint density at radius 2 is 1.86 bits per heavy atom. The van der Waals surface area contributed by atoms with Crippen LogP contribution in [0.4, 0.5) is 5.69 Å². The lowest BCUT2D eigenvalue weighted by Crippen LogP contribution is -2.36. The number of hydrogen-bond acceptors (Lipinski definition) is 4. The van der Waals surface area contributed by atoms with Crippen molar-refractivity contribution >= 4 is 17.5 Å². The molecule has 142 valence electrons. The maximum atomic E-state index is 12.5. The summed E-state index contributed by atoms with van der Waals surface area (Å²) in [7, 11) is 0. The number of ether oxygens (including phenoxy) is 1. The third-order valence-electron chi connectivity index (χ3n) is 4.64. The van der Waals surface area contributed by atoms with Crippen molar-refractivity contribution in [3.63, 3.8) is 0 Å². The Labute approximate surface area is 162 Å². The van der Waals surface area contributed by atoms with E-state index in [2.05, 4.69) is 5.32 Å². The van der Waals surface area contributed by atoms with Crippen LogP contribution in [0.5, 0.6) is 5.75 Å². The number of para-hydroxylation sites is 2. The molecule has 28 heavy (non-hydrogen) atoms. The van der Waals surface area contributed by atoms with Crippen LogP contribution < -0.4 is 15.0 Å². The molecule has 0 aliphatic carbocycles. The molecular weight excluding hydrogens is 356 g/mol. The number of anilines is 1. The predicted molar refractivity (Wildman–Crippen MR) is 104 cm³/mol. The summed E-state index contributed by atoms with van der Waals surface area (Å²) < 4.78 is 11.0. The molecule has 0 saturated carbocycles. The van der Waals surface area contributed by atoms with Crippen LogP contribution in [0.25, 0.3) is 0 Å². The van der Waals surface area contributed by atoms with Crippen LogP contribution in [0.1, 0.15) is 21.7 Å². The Hall–Kier alpha value is -3.54. The molecule has 2 amide bonds. The van der Waals surface area contributed by atoms with Crippen LogP contribution in [0.3, 0.4) is 0 Å². The SMILES string of the molecule is O=C(NCCN1C(=O)Cc2ccccc21)c1occc1COc1ccccc1. The van der Waals surface area contributed by atoms with Gasteiger partial charge in [0.15, 0.2) is 5.76 Å². The van der Waals surface area contributed by atoms with E-state index in [4.69, 9.17) is 9.15 Å². The van der Waals surface area contributed by atoms with Gasteiger partial charge in [-0.2, -0.15) is 0 Å². The van der Waals surface area contributed by atoms with Gasteiger partial charge in [-0.1, -0.05) is 36.4 Å². The maximum Gasteiger partial charge on any atom is 0.287 e. The molecule has 1 N–H and O–H groups in total. The normalized spacial score (nSPS) is 12.7. The number of nitrogens with zero attached hydrogens (tertiary/aromatic N) is 1. The van der Waals surface area contributed by atoms with Gasteiger partial charge in [0.25, 0.3) is 5.91 Å². The summed E-state index contributed by atoms with van der Waals surface area (Å²) in [6.07, 6.45) is 1.88. The number of carbonyl (C=O) groups is 2. The van der Waals surface area contributed by atoms with Gasteiger partial charge in [-0.15, -0.1) is 0 Å². The molecule has 2 aromatic carbocycles. The minimum Gasteiger partial charge on any atom is -0.489 e. The van der Waals surface area contributed by atoms with Crippen molar-refractivity contribution in [1.29, 1.82) is 0 Å². The van der Waals surface area contributed by atoms with E-state index in [1.807, 2.05) is 54.6 Å². The van der Waals surface area contributed by atoms with Crippen LogP contribution in [-0.4, -0.2) is 24.9 Å². The van der Waals surface area contributed by atoms with Gasteiger partial charge in [-0.05, 0) is 29.8 Å². The highest BCUT2D eigenvalue weighted by Crippen LogP contribution is 2.27. The minimum absolute atomic E-state index is 0.0467. The first-order valence-corrected chi connectivity index (χ1v) is 9.13. The number of benzene rings is 2. The monoisotopic (exact) mass is 376 g/mol. The second-order valence-electron chi connectivity index (χ2n) is 6.48. The van der Waals surface area contributed by atoms with Crippen molar-refractivity contribution in [2.24, 2.45) is 0 Å². The molecule has 0 atom stereocenters. The molecule has 3 aromatic rings. The van der Waals surface area contributed by atoms with E-state index in [-0.39, 0.29) is 24.2 Å². The molecule has 0 fully saturated rings. The molecule has 0 unspecified atom stereocenters. The Bertz CT molecular complexity index is 981. The molecule has 4 rings (SSSR count). The lowest BCUT2D eigenvalue weighted by molar-refractivity contribution is -0.117. The number of furan rings is 1. The third-order valence-corrected chi connectivity index (χ3v) is 4.64. The topological polar surface area (TPSA) is 71.8 Å². The summed E-state index contributed by atoms with van der Waals surface area (Å²) in [5, 5.41) is 2.82. The van der Waals surface area contributed by atoms with Crippen molar-refractivity contribution in [3.05, 3.63) is 83.8 Å².